The predicted molar refractivity (Wildman–Crippen MR) is 110 cm³/mol. The van der Waals surface area contributed by atoms with Crippen molar-refractivity contribution >= 4 is 33.5 Å². The van der Waals surface area contributed by atoms with Gasteiger partial charge in [0.2, 0.25) is 9.84 Å². The molecule has 144 valence electrons. The van der Waals surface area contributed by atoms with E-state index in [9.17, 15) is 18.5 Å². The van der Waals surface area contributed by atoms with Gasteiger partial charge in [-0.05, 0) is 48.0 Å². The number of hydrogen-bond donors (Lipinski definition) is 0. The summed E-state index contributed by atoms with van der Waals surface area (Å²) in [5.41, 5.74) is 0.602. The van der Waals surface area contributed by atoms with Crippen LogP contribution in [0.25, 0.3) is 6.08 Å². The molecule has 0 bridgehead atoms. The lowest BCUT2D eigenvalue weighted by molar-refractivity contribution is 0.0735. The van der Waals surface area contributed by atoms with Crippen LogP contribution in [0, 0.1) is 11.3 Å². The Balaban J connectivity index is 1.90. The number of carbonyl (C=O) groups excluding carboxylic acids is 1. The molecule has 0 radical (unpaired) electrons. The van der Waals surface area contributed by atoms with E-state index in [2.05, 4.69) is 0 Å². The summed E-state index contributed by atoms with van der Waals surface area (Å²) in [6, 6.07) is 22.1. The van der Waals surface area contributed by atoms with Crippen LogP contribution < -0.4 is 4.74 Å². The maximum atomic E-state index is 12.7. The molecule has 7 heteroatoms. The van der Waals surface area contributed by atoms with Crippen molar-refractivity contribution in [2.75, 3.05) is 0 Å². The number of benzene rings is 3. The quantitative estimate of drug-likeness (QED) is 0.331. The average molecular weight is 424 g/mol. The normalized spacial score (nSPS) is 11.5. The second kappa shape index (κ2) is 8.74. The van der Waals surface area contributed by atoms with Gasteiger partial charge in [-0.15, -0.1) is 0 Å². The molecule has 0 saturated carbocycles. The highest BCUT2D eigenvalue weighted by Crippen LogP contribution is 2.24. The number of sulfone groups is 1. The van der Waals surface area contributed by atoms with Gasteiger partial charge in [0, 0.05) is 0 Å². The van der Waals surface area contributed by atoms with Crippen molar-refractivity contribution in [2.24, 2.45) is 0 Å². The fraction of sp³-hybridized carbons (Fsp3) is 0. The molecule has 0 atom stereocenters. The third kappa shape index (κ3) is 4.72. The summed E-state index contributed by atoms with van der Waals surface area (Å²) < 4.78 is 30.6. The van der Waals surface area contributed by atoms with Crippen LogP contribution in [0.2, 0.25) is 5.02 Å². The minimum absolute atomic E-state index is 0.0223. The molecule has 3 aromatic carbocycles. The standard InChI is InChI=1S/C22H14ClNO4S/c23-21-12-5-4-11-20(21)22(25)28-17-8-6-7-16(13-17)14-19(15-24)29(26,27)18-9-2-1-3-10-18/h1-14H/b19-14+. The molecule has 0 aliphatic carbocycles. The Labute approximate surface area is 173 Å². The van der Waals surface area contributed by atoms with E-state index in [1.807, 2.05) is 0 Å². The molecule has 3 rings (SSSR count). The van der Waals surface area contributed by atoms with Crippen molar-refractivity contribution in [1.29, 1.82) is 5.26 Å². The summed E-state index contributed by atoms with van der Waals surface area (Å²) in [6.07, 6.45) is 1.23. The minimum atomic E-state index is -3.96. The molecule has 0 saturated heterocycles. The van der Waals surface area contributed by atoms with Crippen LogP contribution >= 0.6 is 11.6 Å². The SMILES string of the molecule is N#C/C(=C\c1cccc(OC(=O)c2ccccc2Cl)c1)S(=O)(=O)c1ccccc1. The monoisotopic (exact) mass is 423 g/mol. The van der Waals surface area contributed by atoms with Crippen molar-refractivity contribution in [1.82, 2.24) is 0 Å². The van der Waals surface area contributed by atoms with Gasteiger partial charge < -0.3 is 4.74 Å². The van der Waals surface area contributed by atoms with Crippen LogP contribution in [0.5, 0.6) is 5.75 Å². The Kier molecular flexibility index (Phi) is 6.13. The number of esters is 1. The number of carbonyl (C=O) groups is 1. The van der Waals surface area contributed by atoms with Gasteiger partial charge in [0.15, 0.2) is 0 Å². The number of hydrogen-bond acceptors (Lipinski definition) is 5. The van der Waals surface area contributed by atoms with Crippen molar-refractivity contribution in [3.63, 3.8) is 0 Å². The zero-order valence-corrected chi connectivity index (χ0v) is 16.5. The summed E-state index contributed by atoms with van der Waals surface area (Å²) in [6.45, 7) is 0. The molecule has 0 heterocycles. The largest absolute Gasteiger partial charge is 0.423 e. The first-order chi connectivity index (χ1) is 13.9. The van der Waals surface area contributed by atoms with Crippen molar-refractivity contribution in [3.8, 4) is 11.8 Å². The Morgan fingerprint density at radius 1 is 0.966 bits per heavy atom. The molecule has 0 fully saturated rings. The number of nitrogens with zero attached hydrogens (tertiary/aromatic N) is 1. The minimum Gasteiger partial charge on any atom is -0.423 e. The topological polar surface area (TPSA) is 84.2 Å². The molecule has 0 unspecified atom stereocenters. The van der Waals surface area contributed by atoms with E-state index >= 15 is 0 Å². The third-order valence-electron chi connectivity index (χ3n) is 3.91. The highest BCUT2D eigenvalue weighted by molar-refractivity contribution is 7.95. The maximum absolute atomic E-state index is 12.7. The molecular weight excluding hydrogens is 410 g/mol. The van der Waals surface area contributed by atoms with Crippen LogP contribution in [0.1, 0.15) is 15.9 Å². The van der Waals surface area contributed by atoms with Gasteiger partial charge >= 0.3 is 5.97 Å². The zero-order valence-electron chi connectivity index (χ0n) is 14.9. The third-order valence-corrected chi connectivity index (χ3v) is 5.92. The van der Waals surface area contributed by atoms with Gasteiger partial charge in [-0.25, -0.2) is 13.2 Å². The molecule has 0 N–H and O–H groups in total. The van der Waals surface area contributed by atoms with E-state index in [4.69, 9.17) is 16.3 Å². The van der Waals surface area contributed by atoms with E-state index < -0.39 is 20.7 Å². The van der Waals surface area contributed by atoms with Crippen molar-refractivity contribution in [3.05, 3.63) is 99.9 Å². The Morgan fingerprint density at radius 2 is 1.66 bits per heavy atom. The first kappa shape index (κ1) is 20.3. The number of allylic oxidation sites excluding steroid dienone is 1. The number of rotatable bonds is 5. The van der Waals surface area contributed by atoms with Crippen molar-refractivity contribution in [2.45, 2.75) is 4.90 Å². The summed E-state index contributed by atoms with van der Waals surface area (Å²) >= 11 is 6.00. The second-order valence-corrected chi connectivity index (χ2v) is 8.20. The van der Waals surface area contributed by atoms with Crippen LogP contribution in [0.4, 0.5) is 0 Å². The maximum Gasteiger partial charge on any atom is 0.345 e. The summed E-state index contributed by atoms with van der Waals surface area (Å²) in [7, 11) is -3.96. The van der Waals surface area contributed by atoms with Gasteiger partial charge in [-0.3, -0.25) is 0 Å². The Bertz CT molecular complexity index is 1230. The second-order valence-electron chi connectivity index (χ2n) is 5.88. The molecule has 3 aromatic rings. The molecule has 0 aliphatic rings. The highest BCUT2D eigenvalue weighted by Gasteiger charge is 2.20. The van der Waals surface area contributed by atoms with Crippen LogP contribution in [0.15, 0.2) is 88.7 Å². The van der Waals surface area contributed by atoms with E-state index in [0.29, 0.717) is 5.56 Å². The number of nitriles is 1. The van der Waals surface area contributed by atoms with E-state index in [0.717, 1.165) is 0 Å². The smallest absolute Gasteiger partial charge is 0.345 e. The van der Waals surface area contributed by atoms with Gasteiger partial charge in [0.05, 0.1) is 15.5 Å². The molecule has 0 amide bonds. The number of ether oxygens (including phenoxy) is 1. The predicted octanol–water partition coefficient (Wildman–Crippen LogP) is 4.90. The summed E-state index contributed by atoms with van der Waals surface area (Å²) in [5, 5.41) is 9.64. The van der Waals surface area contributed by atoms with Gasteiger partial charge in [0.1, 0.15) is 16.7 Å². The Hall–Kier alpha value is -3.40. The van der Waals surface area contributed by atoms with Crippen LogP contribution in [-0.4, -0.2) is 14.4 Å². The lowest BCUT2D eigenvalue weighted by Gasteiger charge is -2.07. The van der Waals surface area contributed by atoms with Gasteiger partial charge in [-0.1, -0.05) is 54.1 Å². The van der Waals surface area contributed by atoms with E-state index in [-0.39, 0.29) is 21.2 Å². The molecule has 0 spiro atoms. The summed E-state index contributed by atoms with van der Waals surface area (Å²) in [4.78, 5) is 11.9. The fourth-order valence-electron chi connectivity index (χ4n) is 2.50. The zero-order chi connectivity index (χ0) is 20.9. The summed E-state index contributed by atoms with van der Waals surface area (Å²) in [5.74, 6) is -0.452. The molecular formula is C22H14ClNO4S. The Morgan fingerprint density at radius 3 is 2.34 bits per heavy atom. The van der Waals surface area contributed by atoms with Crippen molar-refractivity contribution < 1.29 is 17.9 Å². The van der Waals surface area contributed by atoms with Gasteiger partial charge in [-0.2, -0.15) is 5.26 Å². The molecule has 5 nitrogen and oxygen atoms in total. The van der Waals surface area contributed by atoms with E-state index in [1.54, 1.807) is 60.7 Å². The van der Waals surface area contributed by atoms with Crippen LogP contribution in [0.3, 0.4) is 0 Å². The highest BCUT2D eigenvalue weighted by atomic mass is 35.5. The van der Waals surface area contributed by atoms with E-state index in [1.165, 1.54) is 30.3 Å². The molecule has 0 aromatic heterocycles. The molecule has 29 heavy (non-hydrogen) atoms. The lowest BCUT2D eigenvalue weighted by atomic mass is 10.2. The first-order valence-corrected chi connectivity index (χ1v) is 10.3. The van der Waals surface area contributed by atoms with Crippen LogP contribution in [-0.2, 0) is 9.84 Å². The van der Waals surface area contributed by atoms with Gasteiger partial charge in [0.25, 0.3) is 0 Å². The fourth-order valence-corrected chi connectivity index (χ4v) is 3.90. The average Bonchev–Trinajstić information content (AvgIpc) is 2.73. The molecule has 0 aliphatic heterocycles. The lowest BCUT2D eigenvalue weighted by Crippen LogP contribution is -2.09. The first-order valence-electron chi connectivity index (χ1n) is 8.40. The number of halogens is 1.